The van der Waals surface area contributed by atoms with E-state index in [9.17, 15) is 0 Å². The highest BCUT2D eigenvalue weighted by Gasteiger charge is 2.38. The van der Waals surface area contributed by atoms with Gasteiger partial charge in [-0.2, -0.15) is 0 Å². The van der Waals surface area contributed by atoms with Crippen molar-refractivity contribution < 1.29 is 0 Å². The third-order valence-electron chi connectivity index (χ3n) is 14.4. The first-order valence-corrected chi connectivity index (χ1v) is 25.7. The third-order valence-corrected chi connectivity index (χ3v) is 18.3. The molecule has 0 bridgehead atoms. The summed E-state index contributed by atoms with van der Waals surface area (Å²) in [6.07, 6.45) is 0. The molecule has 2 aromatic heterocycles. The lowest BCUT2D eigenvalue weighted by Crippen LogP contribution is -2.30. The Labute approximate surface area is 410 Å². The average molecular weight is 913 g/mol. The van der Waals surface area contributed by atoms with E-state index in [2.05, 4.69) is 300 Å². The second kappa shape index (κ2) is 17.2. The van der Waals surface area contributed by atoms with Gasteiger partial charge in [0.25, 0.3) is 0 Å². The van der Waals surface area contributed by atoms with Crippen LogP contribution in [0.4, 0.5) is 0 Å². The molecule has 13 rings (SSSR count). The predicted molar refractivity (Wildman–Crippen MR) is 293 cm³/mol. The van der Waals surface area contributed by atoms with E-state index in [-0.39, 0.29) is 0 Å². The van der Waals surface area contributed by atoms with Crippen molar-refractivity contribution in [1.29, 1.82) is 0 Å². The van der Waals surface area contributed by atoms with Crippen LogP contribution in [-0.2, 0) is 5.41 Å². The van der Waals surface area contributed by atoms with Gasteiger partial charge in [-0.3, -0.25) is 0 Å². The standard InChI is InChI=1S/C67H48N2S/c1-7-23-49(24-8-1)67(50-25-9-2-10-26-50,51-27-11-3-12-28-51)52-39-41-53(42-40-52)68-64-38-22-20-36-60(64)62-47-54(43-46-65(62)68)69-63-37-21-19-35-59(63)61-45-44-58(48-66(61)69)70(55-29-13-4-14-30-55,56-31-15-5-16-32-56)57-33-17-6-18-34-57/h1-48H. The highest BCUT2D eigenvalue weighted by molar-refractivity contribution is 8.34. The molecule has 0 saturated heterocycles. The summed E-state index contributed by atoms with van der Waals surface area (Å²) in [5.41, 5.74) is 11.4. The van der Waals surface area contributed by atoms with Gasteiger partial charge in [0.2, 0.25) is 0 Å². The second-order valence-electron chi connectivity index (χ2n) is 18.0. The largest absolute Gasteiger partial charge is 0.309 e. The van der Waals surface area contributed by atoms with E-state index in [0.717, 1.165) is 11.4 Å². The summed E-state index contributed by atoms with van der Waals surface area (Å²) in [6.45, 7) is 0. The monoisotopic (exact) mass is 912 g/mol. The van der Waals surface area contributed by atoms with Crippen LogP contribution >= 0.6 is 10.0 Å². The van der Waals surface area contributed by atoms with Crippen molar-refractivity contribution in [2.45, 2.75) is 25.0 Å². The molecule has 11 aromatic carbocycles. The fourth-order valence-electron chi connectivity index (χ4n) is 11.4. The fourth-order valence-corrected chi connectivity index (χ4v) is 15.3. The molecule has 2 nitrogen and oxygen atoms in total. The number of fused-ring (bicyclic) bond motifs is 6. The minimum atomic E-state index is -1.91. The number of hydrogen-bond donors (Lipinski definition) is 0. The van der Waals surface area contributed by atoms with Gasteiger partial charge in [-0.15, -0.1) is 10.0 Å². The third kappa shape index (κ3) is 6.43. The van der Waals surface area contributed by atoms with Crippen LogP contribution in [0.25, 0.3) is 55.0 Å². The topological polar surface area (TPSA) is 9.86 Å². The Kier molecular flexibility index (Phi) is 10.2. The molecule has 0 atom stereocenters. The van der Waals surface area contributed by atoms with Crippen LogP contribution < -0.4 is 0 Å². The zero-order valence-corrected chi connectivity index (χ0v) is 39.3. The van der Waals surface area contributed by atoms with E-state index >= 15 is 0 Å². The summed E-state index contributed by atoms with van der Waals surface area (Å²) in [5, 5.41) is 4.91. The lowest BCUT2D eigenvalue weighted by molar-refractivity contribution is 0.745. The normalized spacial score (nSPS) is 12.2. The number of benzene rings is 11. The first-order valence-electron chi connectivity index (χ1n) is 24.1. The van der Waals surface area contributed by atoms with Crippen molar-refractivity contribution >= 4 is 53.6 Å². The molecule has 332 valence electrons. The molecule has 0 aliphatic carbocycles. The smallest absolute Gasteiger partial charge is 0.0701 e. The van der Waals surface area contributed by atoms with E-state index in [1.807, 2.05) is 0 Å². The number of nitrogens with zero attached hydrogens (tertiary/aromatic N) is 2. The minimum Gasteiger partial charge on any atom is -0.309 e. The van der Waals surface area contributed by atoms with Crippen molar-refractivity contribution in [3.8, 4) is 11.4 Å². The first-order chi connectivity index (χ1) is 34.7. The molecule has 0 unspecified atom stereocenters. The van der Waals surface area contributed by atoms with Crippen molar-refractivity contribution in [3.05, 3.63) is 313 Å². The van der Waals surface area contributed by atoms with Gasteiger partial charge in [-0.05, 0) is 113 Å². The summed E-state index contributed by atoms with van der Waals surface area (Å²) >= 11 is 0. The SMILES string of the molecule is c1ccc(C(c2ccccc2)(c2ccccc2)c2ccc(-n3c4ccccc4c4cc(-n5c6ccccc6c6ccc(S(c7ccccc7)(c7ccccc7)c7ccccc7)cc65)ccc43)cc2)cc1. The van der Waals surface area contributed by atoms with Gasteiger partial charge in [0.15, 0.2) is 0 Å². The van der Waals surface area contributed by atoms with Gasteiger partial charge in [-0.1, -0.05) is 200 Å². The molecule has 0 amide bonds. The number of para-hydroxylation sites is 2. The van der Waals surface area contributed by atoms with E-state index in [1.54, 1.807) is 0 Å². The molecule has 70 heavy (non-hydrogen) atoms. The zero-order chi connectivity index (χ0) is 46.5. The highest BCUT2D eigenvalue weighted by atomic mass is 32.3. The average Bonchev–Trinajstić information content (AvgIpc) is 3.95. The highest BCUT2D eigenvalue weighted by Crippen LogP contribution is 2.73. The number of hydrogen-bond acceptors (Lipinski definition) is 0. The maximum Gasteiger partial charge on any atom is 0.0701 e. The van der Waals surface area contributed by atoms with Gasteiger partial charge in [0.1, 0.15) is 0 Å². The number of aromatic nitrogens is 2. The molecule has 0 aliphatic heterocycles. The summed E-state index contributed by atoms with van der Waals surface area (Å²) in [4.78, 5) is 5.22. The summed E-state index contributed by atoms with van der Waals surface area (Å²) in [7, 11) is -1.91. The zero-order valence-electron chi connectivity index (χ0n) is 38.5. The van der Waals surface area contributed by atoms with Crippen LogP contribution in [0.2, 0.25) is 0 Å². The molecule has 3 heteroatoms. The summed E-state index contributed by atoms with van der Waals surface area (Å²) in [6, 6.07) is 108. The molecule has 0 N–H and O–H groups in total. The lowest BCUT2D eigenvalue weighted by Gasteiger charge is -2.42. The maximum absolute atomic E-state index is 2.50. The summed E-state index contributed by atoms with van der Waals surface area (Å²) in [5.74, 6) is 0. The van der Waals surface area contributed by atoms with Crippen molar-refractivity contribution in [1.82, 2.24) is 9.13 Å². The van der Waals surface area contributed by atoms with E-state index in [0.29, 0.717) is 0 Å². The van der Waals surface area contributed by atoms with Crippen LogP contribution in [0.1, 0.15) is 22.3 Å². The Hall–Kier alpha value is -8.63. The molecular weight excluding hydrogens is 865 g/mol. The molecule has 0 saturated carbocycles. The van der Waals surface area contributed by atoms with Crippen LogP contribution in [0.3, 0.4) is 0 Å². The Morgan fingerprint density at radius 1 is 0.229 bits per heavy atom. The Morgan fingerprint density at radius 3 is 1.07 bits per heavy atom. The van der Waals surface area contributed by atoms with Crippen LogP contribution in [0.5, 0.6) is 0 Å². The van der Waals surface area contributed by atoms with E-state index in [1.165, 1.54) is 85.4 Å². The van der Waals surface area contributed by atoms with E-state index in [4.69, 9.17) is 0 Å². The van der Waals surface area contributed by atoms with Crippen LogP contribution in [-0.4, -0.2) is 9.13 Å². The maximum atomic E-state index is 2.50. The van der Waals surface area contributed by atoms with Crippen molar-refractivity contribution in [3.63, 3.8) is 0 Å². The van der Waals surface area contributed by atoms with Crippen LogP contribution in [0, 0.1) is 0 Å². The minimum absolute atomic E-state index is 0.523. The van der Waals surface area contributed by atoms with Gasteiger partial charge in [0.05, 0.1) is 27.5 Å². The molecule has 0 aliphatic rings. The second-order valence-corrected chi connectivity index (χ2v) is 21.1. The summed E-state index contributed by atoms with van der Waals surface area (Å²) < 4.78 is 4.94. The van der Waals surface area contributed by atoms with Crippen LogP contribution in [0.15, 0.2) is 311 Å². The lowest BCUT2D eigenvalue weighted by atomic mass is 9.65. The van der Waals surface area contributed by atoms with Gasteiger partial charge < -0.3 is 9.13 Å². The quantitative estimate of drug-likeness (QED) is 0.121. The molecule has 0 fully saturated rings. The molecule has 0 spiro atoms. The molecule has 13 aromatic rings. The molecular formula is C67H48N2S. The van der Waals surface area contributed by atoms with Gasteiger partial charge in [0, 0.05) is 52.5 Å². The molecule has 2 heterocycles. The van der Waals surface area contributed by atoms with Gasteiger partial charge in [-0.25, -0.2) is 0 Å². The van der Waals surface area contributed by atoms with Crippen molar-refractivity contribution in [2.24, 2.45) is 0 Å². The first kappa shape index (κ1) is 41.5. The van der Waals surface area contributed by atoms with Crippen molar-refractivity contribution in [2.75, 3.05) is 0 Å². The number of rotatable bonds is 10. The predicted octanol–water partition coefficient (Wildman–Crippen LogP) is 17.6. The Bertz CT molecular complexity index is 3760. The Morgan fingerprint density at radius 2 is 0.586 bits per heavy atom. The fraction of sp³-hybridized carbons (Fsp3) is 0.0149. The van der Waals surface area contributed by atoms with Gasteiger partial charge >= 0.3 is 0 Å². The van der Waals surface area contributed by atoms with E-state index < -0.39 is 15.4 Å². The Balaban J connectivity index is 1.01. The molecule has 0 radical (unpaired) electrons.